The first kappa shape index (κ1) is 15.9. The van der Waals surface area contributed by atoms with E-state index in [1.54, 1.807) is 13.0 Å². The third-order valence-corrected chi connectivity index (χ3v) is 5.14. The molecule has 0 aliphatic heterocycles. The Morgan fingerprint density at radius 3 is 2.57 bits per heavy atom. The van der Waals surface area contributed by atoms with Crippen molar-refractivity contribution in [2.75, 3.05) is 4.72 Å². The van der Waals surface area contributed by atoms with Crippen molar-refractivity contribution in [3.8, 4) is 0 Å². The maximum Gasteiger partial charge on any atom is 0.263 e. The summed E-state index contributed by atoms with van der Waals surface area (Å²) in [5.41, 5.74) is 1.22. The van der Waals surface area contributed by atoms with E-state index in [1.165, 1.54) is 24.3 Å². The van der Waals surface area contributed by atoms with E-state index >= 15 is 0 Å². The first-order chi connectivity index (χ1) is 9.81. The summed E-state index contributed by atoms with van der Waals surface area (Å²) in [6.45, 7) is 1.40. The molecule has 4 nitrogen and oxygen atoms in total. The second kappa shape index (κ2) is 6.13. The van der Waals surface area contributed by atoms with Gasteiger partial charge < -0.3 is 5.11 Å². The molecule has 112 valence electrons. The zero-order chi connectivity index (χ0) is 15.6. The predicted molar refractivity (Wildman–Crippen MR) is 82.0 cm³/mol. The molecule has 2 aromatic carbocycles. The van der Waals surface area contributed by atoms with Crippen molar-refractivity contribution in [1.29, 1.82) is 0 Å². The molecular formula is C14H13BrFNO3S. The van der Waals surface area contributed by atoms with Crippen LogP contribution in [0.15, 0.2) is 45.8 Å². The van der Waals surface area contributed by atoms with Gasteiger partial charge >= 0.3 is 0 Å². The van der Waals surface area contributed by atoms with Crippen LogP contribution >= 0.6 is 15.9 Å². The molecule has 0 bridgehead atoms. The van der Waals surface area contributed by atoms with E-state index in [0.717, 1.165) is 6.07 Å². The van der Waals surface area contributed by atoms with Gasteiger partial charge in [-0.15, -0.1) is 0 Å². The number of aliphatic hydroxyl groups is 1. The highest BCUT2D eigenvalue weighted by molar-refractivity contribution is 9.10. The Hall–Kier alpha value is -1.44. The third kappa shape index (κ3) is 3.81. The minimum absolute atomic E-state index is 0.0176. The second-order valence-electron chi connectivity index (χ2n) is 4.55. The van der Waals surface area contributed by atoms with E-state index in [9.17, 15) is 12.8 Å². The minimum atomic E-state index is -3.88. The van der Waals surface area contributed by atoms with Crippen molar-refractivity contribution in [2.24, 2.45) is 0 Å². The van der Waals surface area contributed by atoms with Crippen LogP contribution < -0.4 is 4.72 Å². The Balaban J connectivity index is 2.42. The predicted octanol–water partition coefficient (Wildman–Crippen LogP) is 3.19. The zero-order valence-corrected chi connectivity index (χ0v) is 13.5. The lowest BCUT2D eigenvalue weighted by atomic mass is 10.2. The highest BCUT2D eigenvalue weighted by Gasteiger charge is 2.18. The number of aliphatic hydroxyl groups excluding tert-OH is 1. The number of hydrogen-bond acceptors (Lipinski definition) is 3. The van der Waals surface area contributed by atoms with Crippen molar-refractivity contribution in [1.82, 2.24) is 0 Å². The summed E-state index contributed by atoms with van der Waals surface area (Å²) in [4.78, 5) is -0.0176. The number of hydrogen-bond donors (Lipinski definition) is 2. The topological polar surface area (TPSA) is 66.4 Å². The quantitative estimate of drug-likeness (QED) is 0.864. The first-order valence-corrected chi connectivity index (χ1v) is 8.29. The first-order valence-electron chi connectivity index (χ1n) is 6.01. The molecule has 0 radical (unpaired) electrons. The van der Waals surface area contributed by atoms with Gasteiger partial charge in [0, 0.05) is 4.47 Å². The monoisotopic (exact) mass is 373 g/mol. The summed E-state index contributed by atoms with van der Waals surface area (Å²) in [6, 6.07) is 8.45. The molecule has 0 saturated carbocycles. The lowest BCUT2D eigenvalue weighted by Crippen LogP contribution is -2.14. The van der Waals surface area contributed by atoms with Crippen molar-refractivity contribution in [3.05, 3.63) is 57.8 Å². The SMILES string of the molecule is Cc1cc(F)cc(NS(=O)(=O)c2cc(CO)ccc2Br)c1. The van der Waals surface area contributed by atoms with E-state index in [1.807, 2.05) is 0 Å². The number of anilines is 1. The average Bonchev–Trinajstić information content (AvgIpc) is 2.37. The maximum absolute atomic E-state index is 13.3. The summed E-state index contributed by atoms with van der Waals surface area (Å²) in [5.74, 6) is -0.518. The standard InChI is InChI=1S/C14H13BrFNO3S/c1-9-4-11(16)7-12(5-9)17-21(19,20)14-6-10(8-18)2-3-13(14)15/h2-7,17-18H,8H2,1H3. The molecule has 0 heterocycles. The van der Waals surface area contributed by atoms with Gasteiger partial charge in [0.25, 0.3) is 10.0 Å². The van der Waals surface area contributed by atoms with E-state index in [2.05, 4.69) is 20.7 Å². The Morgan fingerprint density at radius 1 is 1.24 bits per heavy atom. The molecule has 0 spiro atoms. The molecule has 0 aliphatic rings. The van der Waals surface area contributed by atoms with Crippen LogP contribution in [-0.2, 0) is 16.6 Å². The van der Waals surface area contributed by atoms with Crippen molar-refractivity contribution in [2.45, 2.75) is 18.4 Å². The molecule has 0 fully saturated rings. The number of aryl methyl sites for hydroxylation is 1. The zero-order valence-electron chi connectivity index (χ0n) is 11.1. The summed E-state index contributed by atoms with van der Waals surface area (Å²) in [5, 5.41) is 9.10. The van der Waals surface area contributed by atoms with E-state index in [0.29, 0.717) is 15.6 Å². The van der Waals surface area contributed by atoms with Gasteiger partial charge in [0.05, 0.1) is 12.3 Å². The summed E-state index contributed by atoms with van der Waals surface area (Å²) in [6.07, 6.45) is 0. The number of nitrogens with one attached hydrogen (secondary N) is 1. The minimum Gasteiger partial charge on any atom is -0.392 e. The molecule has 0 unspecified atom stereocenters. The van der Waals surface area contributed by atoms with Gasteiger partial charge in [0.1, 0.15) is 10.7 Å². The molecule has 2 N–H and O–H groups in total. The van der Waals surface area contributed by atoms with Crippen LogP contribution in [0.3, 0.4) is 0 Å². The molecule has 2 aromatic rings. The second-order valence-corrected chi connectivity index (χ2v) is 7.05. The Kier molecular flexibility index (Phi) is 4.65. The number of rotatable bonds is 4. The van der Waals surface area contributed by atoms with Crippen LogP contribution in [0.5, 0.6) is 0 Å². The molecule has 7 heteroatoms. The van der Waals surface area contributed by atoms with Crippen LogP contribution in [0.25, 0.3) is 0 Å². The van der Waals surface area contributed by atoms with Gasteiger partial charge in [0.15, 0.2) is 0 Å². The van der Waals surface area contributed by atoms with Gasteiger partial charge in [-0.1, -0.05) is 6.07 Å². The van der Waals surface area contributed by atoms with Crippen LogP contribution in [-0.4, -0.2) is 13.5 Å². The van der Waals surface area contributed by atoms with Crippen LogP contribution in [0.4, 0.5) is 10.1 Å². The van der Waals surface area contributed by atoms with Crippen molar-refractivity contribution < 1.29 is 17.9 Å². The van der Waals surface area contributed by atoms with Crippen LogP contribution in [0, 0.1) is 12.7 Å². The van der Waals surface area contributed by atoms with Crippen LogP contribution in [0.1, 0.15) is 11.1 Å². The van der Waals surface area contributed by atoms with Gasteiger partial charge in [0.2, 0.25) is 0 Å². The van der Waals surface area contributed by atoms with Crippen molar-refractivity contribution >= 4 is 31.6 Å². The molecular weight excluding hydrogens is 361 g/mol. The normalized spacial score (nSPS) is 11.4. The smallest absolute Gasteiger partial charge is 0.263 e. The van der Waals surface area contributed by atoms with E-state index < -0.39 is 15.8 Å². The average molecular weight is 374 g/mol. The van der Waals surface area contributed by atoms with Gasteiger partial charge in [-0.05, 0) is 64.3 Å². The van der Waals surface area contributed by atoms with Gasteiger partial charge in [-0.25, -0.2) is 12.8 Å². The molecule has 21 heavy (non-hydrogen) atoms. The number of benzene rings is 2. The Labute approximate surface area is 130 Å². The number of halogens is 2. The Morgan fingerprint density at radius 2 is 1.95 bits per heavy atom. The van der Waals surface area contributed by atoms with Crippen LogP contribution in [0.2, 0.25) is 0 Å². The van der Waals surface area contributed by atoms with Gasteiger partial charge in [-0.2, -0.15) is 0 Å². The molecule has 0 atom stereocenters. The highest BCUT2D eigenvalue weighted by Crippen LogP contribution is 2.26. The lowest BCUT2D eigenvalue weighted by molar-refractivity contribution is 0.281. The summed E-state index contributed by atoms with van der Waals surface area (Å²) >= 11 is 3.16. The Bertz CT molecular complexity index is 758. The van der Waals surface area contributed by atoms with E-state index in [4.69, 9.17) is 5.11 Å². The van der Waals surface area contributed by atoms with Gasteiger partial charge in [-0.3, -0.25) is 4.72 Å². The van der Waals surface area contributed by atoms with E-state index in [-0.39, 0.29) is 17.2 Å². The molecule has 0 aliphatic carbocycles. The molecule has 0 saturated heterocycles. The van der Waals surface area contributed by atoms with Crippen molar-refractivity contribution in [3.63, 3.8) is 0 Å². The number of sulfonamides is 1. The maximum atomic E-state index is 13.3. The molecule has 0 aromatic heterocycles. The summed E-state index contributed by atoms with van der Waals surface area (Å²) in [7, 11) is -3.88. The largest absolute Gasteiger partial charge is 0.392 e. The highest BCUT2D eigenvalue weighted by atomic mass is 79.9. The third-order valence-electron chi connectivity index (χ3n) is 2.76. The fraction of sp³-hybridized carbons (Fsp3) is 0.143. The summed E-state index contributed by atoms with van der Waals surface area (Å²) < 4.78 is 40.8. The molecule has 2 rings (SSSR count). The lowest BCUT2D eigenvalue weighted by Gasteiger charge is -2.11. The fourth-order valence-corrected chi connectivity index (χ4v) is 3.91. The molecule has 0 amide bonds. The fourth-order valence-electron chi connectivity index (χ4n) is 1.86.